The standard InChI is InChI=1S/C60H102O6/c1-4-7-10-13-16-19-22-24-26-28-29-30-31-32-34-35-38-41-44-47-50-53-59(62)65-56-57(55-64-58(61)52-49-46-43-40-37-21-18-15-12-9-6-3)66-60(63)54-51-48-45-42-39-36-33-27-25-23-20-17-14-11-8-5-2/h7,10,16,19-20,23-24,26-27,29-30,32-34,57H,4-6,8-9,11-15,17-18,21-22,25,28,31,35-56H2,1-3H3/b10-7-,19-16-,23-20-,26-24-,30-29-,33-27-,34-32-. The largest absolute Gasteiger partial charge is 0.462 e. The summed E-state index contributed by atoms with van der Waals surface area (Å²) in [5, 5.41) is 0. The maximum Gasteiger partial charge on any atom is 0.306 e. The van der Waals surface area contributed by atoms with Crippen LogP contribution in [0.5, 0.6) is 0 Å². The van der Waals surface area contributed by atoms with E-state index in [2.05, 4.69) is 106 Å². The van der Waals surface area contributed by atoms with Crippen LogP contribution in [0.2, 0.25) is 0 Å². The molecular weight excluding hydrogens is 817 g/mol. The first-order chi connectivity index (χ1) is 32.5. The van der Waals surface area contributed by atoms with E-state index >= 15 is 0 Å². The van der Waals surface area contributed by atoms with Gasteiger partial charge in [0, 0.05) is 19.3 Å². The Morgan fingerprint density at radius 1 is 0.318 bits per heavy atom. The molecule has 0 aromatic carbocycles. The first-order valence-corrected chi connectivity index (χ1v) is 27.6. The Kier molecular flexibility index (Phi) is 51.4. The van der Waals surface area contributed by atoms with Gasteiger partial charge in [-0.05, 0) is 96.3 Å². The quantitative estimate of drug-likeness (QED) is 0.0262. The predicted molar refractivity (Wildman–Crippen MR) is 284 cm³/mol. The zero-order valence-corrected chi connectivity index (χ0v) is 43.2. The number of ether oxygens (including phenoxy) is 3. The molecule has 0 aliphatic carbocycles. The zero-order chi connectivity index (χ0) is 47.9. The normalized spacial score (nSPS) is 12.7. The Hall–Kier alpha value is -3.41. The topological polar surface area (TPSA) is 78.9 Å². The summed E-state index contributed by atoms with van der Waals surface area (Å²) in [4.78, 5) is 38.0. The summed E-state index contributed by atoms with van der Waals surface area (Å²) < 4.78 is 16.8. The summed E-state index contributed by atoms with van der Waals surface area (Å²) >= 11 is 0. The maximum absolute atomic E-state index is 12.8. The molecule has 0 rings (SSSR count). The minimum absolute atomic E-state index is 0.0873. The second-order valence-electron chi connectivity index (χ2n) is 18.1. The van der Waals surface area contributed by atoms with Gasteiger partial charge in [-0.2, -0.15) is 0 Å². The Balaban J connectivity index is 4.40. The molecule has 6 heteroatoms. The van der Waals surface area contributed by atoms with Crippen LogP contribution in [-0.4, -0.2) is 37.2 Å². The average Bonchev–Trinajstić information content (AvgIpc) is 3.31. The lowest BCUT2D eigenvalue weighted by Gasteiger charge is -2.18. The summed E-state index contributed by atoms with van der Waals surface area (Å²) in [6.07, 6.45) is 69.9. The molecule has 0 aliphatic rings. The van der Waals surface area contributed by atoms with Crippen molar-refractivity contribution in [3.63, 3.8) is 0 Å². The third kappa shape index (κ3) is 51.6. The highest BCUT2D eigenvalue weighted by molar-refractivity contribution is 5.71. The van der Waals surface area contributed by atoms with Crippen molar-refractivity contribution in [2.24, 2.45) is 0 Å². The molecule has 1 atom stereocenters. The molecule has 1 unspecified atom stereocenters. The Morgan fingerprint density at radius 2 is 0.591 bits per heavy atom. The van der Waals surface area contributed by atoms with E-state index < -0.39 is 6.10 Å². The van der Waals surface area contributed by atoms with Gasteiger partial charge < -0.3 is 14.2 Å². The van der Waals surface area contributed by atoms with Gasteiger partial charge in [0.05, 0.1) is 0 Å². The number of carbonyl (C=O) groups is 3. The molecule has 0 spiro atoms. The molecule has 0 radical (unpaired) electrons. The molecule has 0 saturated carbocycles. The van der Waals surface area contributed by atoms with E-state index in [9.17, 15) is 14.4 Å². The summed E-state index contributed by atoms with van der Waals surface area (Å²) in [6.45, 7) is 6.48. The van der Waals surface area contributed by atoms with Crippen LogP contribution in [0.15, 0.2) is 85.1 Å². The van der Waals surface area contributed by atoms with Crippen molar-refractivity contribution in [3.8, 4) is 0 Å². The Labute approximate surface area is 407 Å². The molecule has 66 heavy (non-hydrogen) atoms. The number of esters is 3. The van der Waals surface area contributed by atoms with Crippen molar-refractivity contribution in [1.82, 2.24) is 0 Å². The molecule has 0 heterocycles. The molecule has 378 valence electrons. The lowest BCUT2D eigenvalue weighted by atomic mass is 10.1. The minimum Gasteiger partial charge on any atom is -0.462 e. The van der Waals surface area contributed by atoms with Crippen molar-refractivity contribution in [2.75, 3.05) is 13.2 Å². The van der Waals surface area contributed by atoms with Gasteiger partial charge in [0.1, 0.15) is 13.2 Å². The van der Waals surface area contributed by atoms with Crippen molar-refractivity contribution < 1.29 is 28.6 Å². The van der Waals surface area contributed by atoms with Crippen molar-refractivity contribution in [3.05, 3.63) is 85.1 Å². The van der Waals surface area contributed by atoms with Crippen LogP contribution in [0.3, 0.4) is 0 Å². The summed E-state index contributed by atoms with van der Waals surface area (Å²) in [6, 6.07) is 0. The third-order valence-electron chi connectivity index (χ3n) is 11.6. The van der Waals surface area contributed by atoms with E-state index in [1.165, 1.54) is 83.5 Å². The van der Waals surface area contributed by atoms with E-state index in [4.69, 9.17) is 14.2 Å². The van der Waals surface area contributed by atoms with Crippen LogP contribution in [0.4, 0.5) is 0 Å². The SMILES string of the molecule is CC/C=C\C/C=C\C/C=C\C/C=C\C/C=C\CCCCCCCC(=O)OCC(COC(=O)CCCCCCCCCCCCC)OC(=O)CCCCCCC/C=C\C/C=C\CCCCCC. The van der Waals surface area contributed by atoms with Crippen LogP contribution in [0.1, 0.15) is 258 Å². The molecule has 0 amide bonds. The van der Waals surface area contributed by atoms with Gasteiger partial charge in [-0.25, -0.2) is 0 Å². The fourth-order valence-corrected chi connectivity index (χ4v) is 7.50. The molecular formula is C60H102O6. The molecule has 0 fully saturated rings. The number of carbonyl (C=O) groups excluding carboxylic acids is 3. The summed E-state index contributed by atoms with van der Waals surface area (Å²) in [7, 11) is 0. The maximum atomic E-state index is 12.8. The Bertz CT molecular complexity index is 1290. The van der Waals surface area contributed by atoms with E-state index in [1.807, 2.05) is 0 Å². The first kappa shape index (κ1) is 62.6. The van der Waals surface area contributed by atoms with Crippen LogP contribution in [0.25, 0.3) is 0 Å². The lowest BCUT2D eigenvalue weighted by molar-refractivity contribution is -0.167. The van der Waals surface area contributed by atoms with E-state index in [1.54, 1.807) is 0 Å². The van der Waals surface area contributed by atoms with E-state index in [0.29, 0.717) is 19.3 Å². The summed E-state index contributed by atoms with van der Waals surface area (Å²) in [5.74, 6) is -0.918. The zero-order valence-electron chi connectivity index (χ0n) is 43.2. The smallest absolute Gasteiger partial charge is 0.306 e. The number of allylic oxidation sites excluding steroid dienone is 14. The summed E-state index contributed by atoms with van der Waals surface area (Å²) in [5.41, 5.74) is 0. The molecule has 6 nitrogen and oxygen atoms in total. The fourth-order valence-electron chi connectivity index (χ4n) is 7.50. The highest BCUT2D eigenvalue weighted by Gasteiger charge is 2.19. The van der Waals surface area contributed by atoms with Gasteiger partial charge in [0.2, 0.25) is 0 Å². The number of hydrogen-bond acceptors (Lipinski definition) is 6. The molecule has 0 bridgehead atoms. The van der Waals surface area contributed by atoms with Crippen LogP contribution in [-0.2, 0) is 28.6 Å². The van der Waals surface area contributed by atoms with Gasteiger partial charge >= 0.3 is 17.9 Å². The highest BCUT2D eigenvalue weighted by Crippen LogP contribution is 2.14. The molecule has 0 aromatic heterocycles. The van der Waals surface area contributed by atoms with Gasteiger partial charge in [0.25, 0.3) is 0 Å². The van der Waals surface area contributed by atoms with Crippen LogP contribution >= 0.6 is 0 Å². The van der Waals surface area contributed by atoms with Gasteiger partial charge in [-0.1, -0.05) is 228 Å². The molecule has 0 saturated heterocycles. The number of unbranched alkanes of at least 4 members (excludes halogenated alkanes) is 24. The molecule has 0 N–H and O–H groups in total. The predicted octanol–water partition coefficient (Wildman–Crippen LogP) is 18.4. The van der Waals surface area contributed by atoms with Gasteiger partial charge in [-0.3, -0.25) is 14.4 Å². The Morgan fingerprint density at radius 3 is 0.939 bits per heavy atom. The van der Waals surface area contributed by atoms with Gasteiger partial charge in [-0.15, -0.1) is 0 Å². The van der Waals surface area contributed by atoms with E-state index in [0.717, 1.165) is 135 Å². The van der Waals surface area contributed by atoms with Crippen molar-refractivity contribution in [1.29, 1.82) is 0 Å². The average molecular weight is 919 g/mol. The molecule has 0 aromatic rings. The van der Waals surface area contributed by atoms with Crippen molar-refractivity contribution in [2.45, 2.75) is 264 Å². The lowest BCUT2D eigenvalue weighted by Crippen LogP contribution is -2.30. The first-order valence-electron chi connectivity index (χ1n) is 27.6. The highest BCUT2D eigenvalue weighted by atomic mass is 16.6. The second kappa shape index (κ2) is 54.2. The van der Waals surface area contributed by atoms with E-state index in [-0.39, 0.29) is 31.1 Å². The fraction of sp³-hybridized carbons (Fsp3) is 0.717. The van der Waals surface area contributed by atoms with Crippen LogP contribution < -0.4 is 0 Å². The third-order valence-corrected chi connectivity index (χ3v) is 11.6. The minimum atomic E-state index is -0.790. The van der Waals surface area contributed by atoms with Gasteiger partial charge in [0.15, 0.2) is 6.10 Å². The monoisotopic (exact) mass is 919 g/mol. The molecule has 0 aliphatic heterocycles. The number of rotatable bonds is 49. The van der Waals surface area contributed by atoms with Crippen LogP contribution in [0, 0.1) is 0 Å². The number of hydrogen-bond donors (Lipinski definition) is 0. The second-order valence-corrected chi connectivity index (χ2v) is 18.1. The van der Waals surface area contributed by atoms with Crippen molar-refractivity contribution >= 4 is 17.9 Å².